The zero-order valence-electron chi connectivity index (χ0n) is 9.82. The first-order valence-corrected chi connectivity index (χ1v) is 6.65. The maximum Gasteiger partial charge on any atom is 0.258 e. The maximum atomic E-state index is 11.6. The van der Waals surface area contributed by atoms with Crippen LogP contribution in [0, 0.1) is 0 Å². The van der Waals surface area contributed by atoms with Gasteiger partial charge in [-0.15, -0.1) is 0 Å². The average Bonchev–Trinajstić information content (AvgIpc) is 2.74. The fraction of sp³-hybridized carbons (Fsp3) is 0.385. The molecule has 1 fully saturated rings. The zero-order valence-corrected chi connectivity index (χ0v) is 11.4. The summed E-state index contributed by atoms with van der Waals surface area (Å²) in [5, 5.41) is 2.69. The number of Topliss-reactive ketones (excluding diaryl/α,β-unsaturated/α-hetero) is 1. The Morgan fingerprint density at radius 3 is 2.72 bits per heavy atom. The fourth-order valence-corrected chi connectivity index (χ4v) is 2.15. The summed E-state index contributed by atoms with van der Waals surface area (Å²) in [4.78, 5) is 22.9. The van der Waals surface area contributed by atoms with Crippen LogP contribution in [-0.2, 0) is 9.59 Å². The van der Waals surface area contributed by atoms with Gasteiger partial charge in [0, 0.05) is 10.9 Å². The molecule has 1 aliphatic rings. The second-order valence-electron chi connectivity index (χ2n) is 4.22. The Kier molecular flexibility index (Phi) is 4.36. The van der Waals surface area contributed by atoms with Gasteiger partial charge < -0.3 is 10.1 Å². The molecule has 4 nitrogen and oxygen atoms in total. The summed E-state index contributed by atoms with van der Waals surface area (Å²) in [5.41, 5.74) is 0. The summed E-state index contributed by atoms with van der Waals surface area (Å²) in [5.74, 6) is 0.497. The van der Waals surface area contributed by atoms with Gasteiger partial charge in [-0.25, -0.2) is 0 Å². The van der Waals surface area contributed by atoms with Gasteiger partial charge in [0.15, 0.2) is 12.4 Å². The largest absolute Gasteiger partial charge is 0.484 e. The van der Waals surface area contributed by atoms with Crippen LogP contribution in [0.2, 0.25) is 0 Å². The van der Waals surface area contributed by atoms with E-state index in [1.165, 1.54) is 0 Å². The molecule has 0 radical (unpaired) electrons. The number of benzene rings is 1. The number of hydrogen-bond donors (Lipinski definition) is 1. The predicted molar refractivity (Wildman–Crippen MR) is 70.4 cm³/mol. The Morgan fingerprint density at radius 2 is 2.11 bits per heavy atom. The molecular weight excluding hydrogens is 298 g/mol. The van der Waals surface area contributed by atoms with Crippen LogP contribution in [0.3, 0.4) is 0 Å². The summed E-state index contributed by atoms with van der Waals surface area (Å²) in [6.45, 7) is -0.0641. The minimum atomic E-state index is -0.314. The van der Waals surface area contributed by atoms with Crippen molar-refractivity contribution in [3.63, 3.8) is 0 Å². The molecule has 1 saturated carbocycles. The highest BCUT2D eigenvalue weighted by Gasteiger charge is 2.25. The number of amides is 1. The molecule has 1 atom stereocenters. The van der Waals surface area contributed by atoms with Crippen LogP contribution in [0.5, 0.6) is 5.75 Å². The van der Waals surface area contributed by atoms with Crippen molar-refractivity contribution in [3.05, 3.63) is 28.7 Å². The van der Waals surface area contributed by atoms with Crippen molar-refractivity contribution < 1.29 is 14.3 Å². The number of carbonyl (C=O) groups excluding carboxylic acids is 2. The second kappa shape index (κ2) is 6.00. The van der Waals surface area contributed by atoms with Crippen molar-refractivity contribution in [2.75, 3.05) is 6.61 Å². The SMILES string of the molecule is O=C(COc1ccc(Br)cc1)N[C@H]1CCCC1=O. The topological polar surface area (TPSA) is 55.4 Å². The standard InChI is InChI=1S/C13H14BrNO3/c14-9-4-6-10(7-5-9)18-8-13(17)15-11-2-1-3-12(11)16/h4-7,11H,1-3,8H2,(H,15,17)/t11-/m0/s1. The number of hydrogen-bond acceptors (Lipinski definition) is 3. The van der Waals surface area contributed by atoms with Crippen LogP contribution in [0.1, 0.15) is 19.3 Å². The summed E-state index contributed by atoms with van der Waals surface area (Å²) in [7, 11) is 0. The van der Waals surface area contributed by atoms with E-state index in [2.05, 4.69) is 21.2 Å². The molecule has 0 aliphatic heterocycles. The minimum Gasteiger partial charge on any atom is -0.484 e. The van der Waals surface area contributed by atoms with E-state index in [4.69, 9.17) is 4.74 Å². The van der Waals surface area contributed by atoms with Crippen LogP contribution in [0.25, 0.3) is 0 Å². The summed E-state index contributed by atoms with van der Waals surface area (Å²) in [6.07, 6.45) is 2.17. The van der Waals surface area contributed by atoms with Crippen LogP contribution in [0.4, 0.5) is 0 Å². The molecule has 0 unspecified atom stereocenters. The molecular formula is C13H14BrNO3. The van der Waals surface area contributed by atoms with Gasteiger partial charge in [-0.1, -0.05) is 15.9 Å². The second-order valence-corrected chi connectivity index (χ2v) is 5.14. The molecule has 1 aliphatic carbocycles. The Balaban J connectivity index is 1.78. The highest BCUT2D eigenvalue weighted by Crippen LogP contribution is 2.16. The lowest BCUT2D eigenvalue weighted by Gasteiger charge is -2.11. The highest BCUT2D eigenvalue weighted by molar-refractivity contribution is 9.10. The van der Waals surface area contributed by atoms with Gasteiger partial charge in [0.2, 0.25) is 0 Å². The van der Waals surface area contributed by atoms with Crippen LogP contribution in [0.15, 0.2) is 28.7 Å². The normalized spacial score (nSPS) is 18.7. The molecule has 18 heavy (non-hydrogen) atoms. The molecule has 1 N–H and O–H groups in total. The van der Waals surface area contributed by atoms with E-state index in [1.54, 1.807) is 12.1 Å². The molecule has 5 heteroatoms. The van der Waals surface area contributed by atoms with Gasteiger partial charge in [0.25, 0.3) is 5.91 Å². The van der Waals surface area contributed by atoms with E-state index in [0.717, 1.165) is 17.3 Å². The van der Waals surface area contributed by atoms with Crippen molar-refractivity contribution in [1.29, 1.82) is 0 Å². The van der Waals surface area contributed by atoms with Crippen molar-refractivity contribution in [2.24, 2.45) is 0 Å². The Bertz CT molecular complexity index is 444. The smallest absolute Gasteiger partial charge is 0.258 e. The average molecular weight is 312 g/mol. The predicted octanol–water partition coefficient (Wildman–Crippen LogP) is 2.07. The fourth-order valence-electron chi connectivity index (χ4n) is 1.88. The van der Waals surface area contributed by atoms with E-state index in [-0.39, 0.29) is 24.3 Å². The van der Waals surface area contributed by atoms with Gasteiger partial charge >= 0.3 is 0 Å². The molecule has 0 aromatic heterocycles. The number of halogens is 1. The first-order valence-electron chi connectivity index (χ1n) is 5.85. The lowest BCUT2D eigenvalue weighted by molar-refractivity contribution is -0.127. The first-order chi connectivity index (χ1) is 8.65. The molecule has 0 bridgehead atoms. The van der Waals surface area contributed by atoms with Gasteiger partial charge in [0.05, 0.1) is 6.04 Å². The lowest BCUT2D eigenvalue weighted by atomic mass is 10.2. The van der Waals surface area contributed by atoms with E-state index in [1.807, 2.05) is 12.1 Å². The van der Waals surface area contributed by atoms with E-state index < -0.39 is 0 Å². The molecule has 1 aromatic rings. The van der Waals surface area contributed by atoms with Crippen LogP contribution in [-0.4, -0.2) is 24.3 Å². The monoisotopic (exact) mass is 311 g/mol. The number of rotatable bonds is 4. The van der Waals surface area contributed by atoms with Gasteiger partial charge in [-0.2, -0.15) is 0 Å². The van der Waals surface area contributed by atoms with Crippen molar-refractivity contribution >= 4 is 27.6 Å². The van der Waals surface area contributed by atoms with Crippen LogP contribution < -0.4 is 10.1 Å². The summed E-state index contributed by atoms with van der Waals surface area (Å²) in [6, 6.07) is 6.92. The third-order valence-corrected chi connectivity index (χ3v) is 3.35. The Hall–Kier alpha value is -1.36. The molecule has 2 rings (SSSR count). The Morgan fingerprint density at radius 1 is 1.39 bits per heavy atom. The van der Waals surface area contributed by atoms with Crippen molar-refractivity contribution in [1.82, 2.24) is 5.32 Å². The van der Waals surface area contributed by atoms with Gasteiger partial charge in [-0.3, -0.25) is 9.59 Å². The van der Waals surface area contributed by atoms with E-state index >= 15 is 0 Å². The number of carbonyl (C=O) groups is 2. The number of nitrogens with one attached hydrogen (secondary N) is 1. The molecule has 0 spiro atoms. The minimum absolute atomic E-state index is 0.0641. The molecule has 1 aromatic carbocycles. The van der Waals surface area contributed by atoms with Gasteiger partial charge in [-0.05, 0) is 37.1 Å². The van der Waals surface area contributed by atoms with E-state index in [9.17, 15) is 9.59 Å². The zero-order chi connectivity index (χ0) is 13.0. The maximum absolute atomic E-state index is 11.6. The third kappa shape index (κ3) is 3.57. The first kappa shape index (κ1) is 13.1. The lowest BCUT2D eigenvalue weighted by Crippen LogP contribution is -2.40. The van der Waals surface area contributed by atoms with Crippen molar-refractivity contribution in [2.45, 2.75) is 25.3 Å². The van der Waals surface area contributed by atoms with Crippen molar-refractivity contribution in [3.8, 4) is 5.75 Å². The molecule has 0 heterocycles. The van der Waals surface area contributed by atoms with Crippen LogP contribution >= 0.6 is 15.9 Å². The highest BCUT2D eigenvalue weighted by atomic mass is 79.9. The molecule has 1 amide bonds. The summed E-state index contributed by atoms with van der Waals surface area (Å²) < 4.78 is 6.28. The molecule has 0 saturated heterocycles. The quantitative estimate of drug-likeness (QED) is 0.926. The number of ether oxygens (including phenoxy) is 1. The van der Waals surface area contributed by atoms with Gasteiger partial charge in [0.1, 0.15) is 5.75 Å². The summed E-state index contributed by atoms with van der Waals surface area (Å²) >= 11 is 3.32. The third-order valence-electron chi connectivity index (χ3n) is 2.82. The Labute approximate surface area is 114 Å². The number of ketones is 1. The van der Waals surface area contributed by atoms with E-state index in [0.29, 0.717) is 12.2 Å². The molecule has 96 valence electrons.